The summed E-state index contributed by atoms with van der Waals surface area (Å²) in [5, 5.41) is 3.06. The first-order valence-corrected chi connectivity index (χ1v) is 8.10. The van der Waals surface area contributed by atoms with Crippen LogP contribution in [0.3, 0.4) is 0 Å². The molecule has 0 spiro atoms. The number of benzene rings is 1. The van der Waals surface area contributed by atoms with Crippen molar-refractivity contribution in [3.63, 3.8) is 0 Å². The lowest BCUT2D eigenvalue weighted by atomic mass is 9.99. The molecule has 3 N–H and O–H groups in total. The monoisotopic (exact) mass is 294 g/mol. The lowest BCUT2D eigenvalue weighted by Gasteiger charge is -2.35. The number of carbonyl (C=O) groups excluding carboxylic acids is 1. The molecule has 0 saturated carbocycles. The van der Waals surface area contributed by atoms with Crippen molar-refractivity contribution in [2.45, 2.75) is 24.0 Å². The Morgan fingerprint density at radius 2 is 2.00 bits per heavy atom. The number of hydrogen-bond donors (Lipinski definition) is 2. The fourth-order valence-corrected chi connectivity index (χ4v) is 3.13. The molecule has 0 radical (unpaired) electrons. The fourth-order valence-electron chi connectivity index (χ4n) is 2.34. The number of amides is 1. The molecule has 5 heteroatoms. The average molecular weight is 294 g/mol. The maximum Gasteiger partial charge on any atom is 0.224 e. The summed E-state index contributed by atoms with van der Waals surface area (Å²) in [7, 11) is 0. The quantitative estimate of drug-likeness (QED) is 0.813. The molecule has 20 heavy (non-hydrogen) atoms. The Bertz CT molecular complexity index is 442. The van der Waals surface area contributed by atoms with Crippen LogP contribution in [0.2, 0.25) is 0 Å². The molecule has 110 valence electrons. The second-order valence-electron chi connectivity index (χ2n) is 5.19. The van der Waals surface area contributed by atoms with Crippen molar-refractivity contribution in [2.24, 2.45) is 0 Å². The van der Waals surface area contributed by atoms with E-state index in [0.29, 0.717) is 13.0 Å². The fraction of sp³-hybridized carbons (Fsp3) is 0.533. The van der Waals surface area contributed by atoms with Gasteiger partial charge in [0.05, 0.1) is 6.42 Å². The lowest BCUT2D eigenvalue weighted by molar-refractivity contribution is -0.120. The van der Waals surface area contributed by atoms with E-state index in [0.717, 1.165) is 37.3 Å². The molecule has 1 heterocycles. The first-order chi connectivity index (χ1) is 9.63. The van der Waals surface area contributed by atoms with E-state index in [1.54, 1.807) is 0 Å². The van der Waals surface area contributed by atoms with E-state index in [-0.39, 0.29) is 10.7 Å². The van der Waals surface area contributed by atoms with E-state index in [1.165, 1.54) is 0 Å². The molecule has 0 unspecified atom stereocenters. The van der Waals surface area contributed by atoms with Gasteiger partial charge in [-0.3, -0.25) is 4.79 Å². The summed E-state index contributed by atoms with van der Waals surface area (Å²) in [6, 6.07) is 7.44. The minimum absolute atomic E-state index is 0.0645. The molecule has 0 aromatic heterocycles. The topological polar surface area (TPSA) is 64.4 Å². The van der Waals surface area contributed by atoms with Gasteiger partial charge in [-0.15, -0.1) is 0 Å². The highest BCUT2D eigenvalue weighted by Crippen LogP contribution is 2.32. The normalized spacial score (nSPS) is 17.6. The van der Waals surface area contributed by atoms with Crippen LogP contribution in [-0.2, 0) is 16.0 Å². The summed E-state index contributed by atoms with van der Waals surface area (Å²) in [6.07, 6.45) is 4.51. The summed E-state index contributed by atoms with van der Waals surface area (Å²) in [6.45, 7) is 2.29. The molecule has 1 aliphatic rings. The Balaban J connectivity index is 1.83. The van der Waals surface area contributed by atoms with Crippen LogP contribution in [0.5, 0.6) is 0 Å². The number of nitrogens with one attached hydrogen (secondary N) is 1. The largest absolute Gasteiger partial charge is 0.399 e. The zero-order valence-corrected chi connectivity index (χ0v) is 12.7. The Hall–Kier alpha value is -1.20. The van der Waals surface area contributed by atoms with Gasteiger partial charge in [0.1, 0.15) is 0 Å². The van der Waals surface area contributed by atoms with E-state index >= 15 is 0 Å². The molecule has 1 saturated heterocycles. The summed E-state index contributed by atoms with van der Waals surface area (Å²) >= 11 is 1.83. The smallest absolute Gasteiger partial charge is 0.224 e. The van der Waals surface area contributed by atoms with Crippen LogP contribution in [0.15, 0.2) is 24.3 Å². The van der Waals surface area contributed by atoms with E-state index in [2.05, 4.69) is 11.6 Å². The summed E-state index contributed by atoms with van der Waals surface area (Å²) in [5.41, 5.74) is 7.34. The van der Waals surface area contributed by atoms with Crippen molar-refractivity contribution in [3.05, 3.63) is 29.8 Å². The van der Waals surface area contributed by atoms with Gasteiger partial charge in [-0.25, -0.2) is 0 Å². The molecule has 0 bridgehead atoms. The molecule has 4 nitrogen and oxygen atoms in total. The third kappa shape index (κ3) is 4.15. The first kappa shape index (κ1) is 15.2. The number of rotatable bonds is 5. The molecule has 1 aromatic rings. The van der Waals surface area contributed by atoms with Crippen molar-refractivity contribution in [1.29, 1.82) is 0 Å². The van der Waals surface area contributed by atoms with Crippen LogP contribution >= 0.6 is 11.8 Å². The molecule has 1 aliphatic heterocycles. The highest BCUT2D eigenvalue weighted by molar-refractivity contribution is 8.00. The first-order valence-electron chi connectivity index (χ1n) is 6.88. The Kier molecular flexibility index (Phi) is 5.31. The molecule has 1 aromatic carbocycles. The van der Waals surface area contributed by atoms with Gasteiger partial charge < -0.3 is 15.8 Å². The Morgan fingerprint density at radius 1 is 1.35 bits per heavy atom. The van der Waals surface area contributed by atoms with Gasteiger partial charge in [-0.2, -0.15) is 11.8 Å². The van der Waals surface area contributed by atoms with Crippen molar-refractivity contribution >= 4 is 23.4 Å². The molecule has 1 fully saturated rings. The van der Waals surface area contributed by atoms with Gasteiger partial charge in [0, 0.05) is 30.2 Å². The zero-order chi connectivity index (χ0) is 14.4. The highest BCUT2D eigenvalue weighted by atomic mass is 32.2. The molecule has 0 atom stereocenters. The predicted octanol–water partition coefficient (Wildman–Crippen LogP) is 1.84. The number of hydrogen-bond acceptors (Lipinski definition) is 4. The Morgan fingerprint density at radius 3 is 2.60 bits per heavy atom. The second kappa shape index (κ2) is 6.99. The number of nitrogen functional groups attached to an aromatic ring is 1. The third-order valence-electron chi connectivity index (χ3n) is 3.79. The number of anilines is 1. The highest BCUT2D eigenvalue weighted by Gasteiger charge is 2.31. The maximum atomic E-state index is 12.0. The zero-order valence-electron chi connectivity index (χ0n) is 11.9. The van der Waals surface area contributed by atoms with Crippen LogP contribution in [-0.4, -0.2) is 36.7 Å². The molecule has 2 rings (SSSR count). The minimum Gasteiger partial charge on any atom is -0.399 e. The van der Waals surface area contributed by atoms with Crippen molar-refractivity contribution in [3.8, 4) is 0 Å². The SMILES string of the molecule is CSC1(CNC(=O)Cc2ccc(N)cc2)CCOCC1. The molecular formula is C15H22N2O2S. The summed E-state index contributed by atoms with van der Waals surface area (Å²) in [5.74, 6) is 0.0645. The van der Waals surface area contributed by atoms with Gasteiger partial charge in [0.15, 0.2) is 0 Å². The number of ether oxygens (including phenoxy) is 1. The van der Waals surface area contributed by atoms with Gasteiger partial charge in [-0.05, 0) is 36.8 Å². The number of thioether (sulfide) groups is 1. The van der Waals surface area contributed by atoms with Gasteiger partial charge >= 0.3 is 0 Å². The molecule has 0 aliphatic carbocycles. The van der Waals surface area contributed by atoms with Crippen LogP contribution in [0.25, 0.3) is 0 Å². The van der Waals surface area contributed by atoms with Crippen LogP contribution in [0, 0.1) is 0 Å². The average Bonchev–Trinajstić information content (AvgIpc) is 2.49. The van der Waals surface area contributed by atoms with Crippen molar-refractivity contribution in [2.75, 3.05) is 31.7 Å². The standard InChI is InChI=1S/C15H22N2O2S/c1-20-15(6-8-19-9-7-15)11-17-14(18)10-12-2-4-13(16)5-3-12/h2-5H,6-11,16H2,1H3,(H,17,18). The third-order valence-corrected chi connectivity index (χ3v) is 5.21. The maximum absolute atomic E-state index is 12.0. The Labute approximate surface area is 124 Å². The van der Waals surface area contributed by atoms with Crippen LogP contribution in [0.1, 0.15) is 18.4 Å². The summed E-state index contributed by atoms with van der Waals surface area (Å²) < 4.78 is 5.54. The van der Waals surface area contributed by atoms with Gasteiger partial charge in [0.2, 0.25) is 5.91 Å². The van der Waals surface area contributed by atoms with Gasteiger partial charge in [-0.1, -0.05) is 12.1 Å². The van der Waals surface area contributed by atoms with Crippen LogP contribution < -0.4 is 11.1 Å². The van der Waals surface area contributed by atoms with Crippen LogP contribution in [0.4, 0.5) is 5.69 Å². The molecular weight excluding hydrogens is 272 g/mol. The number of carbonyl (C=O) groups is 1. The van der Waals surface area contributed by atoms with E-state index in [1.807, 2.05) is 36.0 Å². The summed E-state index contributed by atoms with van der Waals surface area (Å²) in [4.78, 5) is 12.0. The second-order valence-corrected chi connectivity index (χ2v) is 6.47. The van der Waals surface area contributed by atoms with Crippen molar-refractivity contribution < 1.29 is 9.53 Å². The minimum atomic E-state index is 0.0645. The van der Waals surface area contributed by atoms with Gasteiger partial charge in [0.25, 0.3) is 0 Å². The predicted molar refractivity (Wildman–Crippen MR) is 83.9 cm³/mol. The van der Waals surface area contributed by atoms with E-state index in [9.17, 15) is 4.79 Å². The van der Waals surface area contributed by atoms with E-state index < -0.39 is 0 Å². The number of nitrogens with two attached hydrogens (primary N) is 1. The van der Waals surface area contributed by atoms with E-state index in [4.69, 9.17) is 10.5 Å². The lowest BCUT2D eigenvalue weighted by Crippen LogP contribution is -2.44. The van der Waals surface area contributed by atoms with Crippen molar-refractivity contribution in [1.82, 2.24) is 5.32 Å². The molecule has 1 amide bonds.